The number of urea groups is 1. The molecule has 0 aliphatic carbocycles. The van der Waals surface area contributed by atoms with Gasteiger partial charge in [0.15, 0.2) is 0 Å². The van der Waals surface area contributed by atoms with E-state index in [1.807, 2.05) is 6.92 Å². The summed E-state index contributed by atoms with van der Waals surface area (Å²) in [6.45, 7) is 5.46. The first-order valence-electron chi connectivity index (χ1n) is 6.93. The third-order valence-corrected chi connectivity index (χ3v) is 3.01. The van der Waals surface area contributed by atoms with Gasteiger partial charge in [-0.15, -0.1) is 0 Å². The first-order chi connectivity index (χ1) is 9.56. The van der Waals surface area contributed by atoms with Crippen LogP contribution in [-0.4, -0.2) is 35.1 Å². The Kier molecular flexibility index (Phi) is 6.56. The van der Waals surface area contributed by atoms with Crippen molar-refractivity contribution in [2.24, 2.45) is 0 Å². The molecule has 0 atom stereocenters. The summed E-state index contributed by atoms with van der Waals surface area (Å²) in [5, 5.41) is 11.5. The zero-order valence-electron chi connectivity index (χ0n) is 12.1. The SMILES string of the molecule is CCCCN(CC)C(=O)Nc1ccc(CC(=O)O)cc1. The number of carbonyl (C=O) groups is 2. The smallest absolute Gasteiger partial charge is 0.321 e. The van der Waals surface area contributed by atoms with Gasteiger partial charge in [0.25, 0.3) is 0 Å². The molecule has 0 heterocycles. The topological polar surface area (TPSA) is 69.6 Å². The zero-order valence-corrected chi connectivity index (χ0v) is 12.1. The Morgan fingerprint density at radius 1 is 1.20 bits per heavy atom. The second kappa shape index (κ2) is 8.19. The monoisotopic (exact) mass is 278 g/mol. The predicted molar refractivity (Wildman–Crippen MR) is 79.0 cm³/mol. The average molecular weight is 278 g/mol. The van der Waals surface area contributed by atoms with Crippen molar-refractivity contribution in [3.05, 3.63) is 29.8 Å². The number of benzene rings is 1. The molecule has 0 saturated carbocycles. The van der Waals surface area contributed by atoms with E-state index < -0.39 is 5.97 Å². The number of carbonyl (C=O) groups excluding carboxylic acids is 1. The normalized spacial score (nSPS) is 10.1. The van der Waals surface area contributed by atoms with Crippen molar-refractivity contribution in [1.29, 1.82) is 0 Å². The predicted octanol–water partition coefficient (Wildman–Crippen LogP) is 2.97. The molecule has 0 spiro atoms. The number of nitrogens with zero attached hydrogens (tertiary/aromatic N) is 1. The number of carboxylic acids is 1. The highest BCUT2D eigenvalue weighted by molar-refractivity contribution is 5.89. The Bertz CT molecular complexity index is 443. The highest BCUT2D eigenvalue weighted by atomic mass is 16.4. The lowest BCUT2D eigenvalue weighted by Crippen LogP contribution is -2.35. The summed E-state index contributed by atoms with van der Waals surface area (Å²) >= 11 is 0. The largest absolute Gasteiger partial charge is 0.481 e. The molecular weight excluding hydrogens is 256 g/mol. The standard InChI is InChI=1S/C15H22N2O3/c1-3-5-10-17(4-2)15(20)16-13-8-6-12(7-9-13)11-14(18)19/h6-9H,3-5,10-11H2,1-2H3,(H,16,20)(H,18,19). The minimum Gasteiger partial charge on any atom is -0.481 e. The molecule has 0 aliphatic heterocycles. The van der Waals surface area contributed by atoms with Crippen molar-refractivity contribution in [2.45, 2.75) is 33.1 Å². The van der Waals surface area contributed by atoms with Gasteiger partial charge in [0.2, 0.25) is 0 Å². The van der Waals surface area contributed by atoms with E-state index in [1.54, 1.807) is 29.2 Å². The molecule has 1 aromatic rings. The van der Waals surface area contributed by atoms with E-state index in [2.05, 4.69) is 12.2 Å². The van der Waals surface area contributed by atoms with Crippen LogP contribution in [-0.2, 0) is 11.2 Å². The van der Waals surface area contributed by atoms with Crippen LogP contribution in [0.5, 0.6) is 0 Å². The Hall–Kier alpha value is -2.04. The lowest BCUT2D eigenvalue weighted by Gasteiger charge is -2.21. The fourth-order valence-electron chi connectivity index (χ4n) is 1.84. The van der Waals surface area contributed by atoms with Gasteiger partial charge in [0, 0.05) is 18.8 Å². The van der Waals surface area contributed by atoms with Crippen LogP contribution in [0.15, 0.2) is 24.3 Å². The third-order valence-electron chi connectivity index (χ3n) is 3.01. The fraction of sp³-hybridized carbons (Fsp3) is 0.467. The summed E-state index contributed by atoms with van der Waals surface area (Å²) in [6.07, 6.45) is 2.03. The van der Waals surface area contributed by atoms with E-state index >= 15 is 0 Å². The van der Waals surface area contributed by atoms with Crippen LogP contribution < -0.4 is 5.32 Å². The molecule has 0 aliphatic rings. The van der Waals surface area contributed by atoms with Crippen molar-refractivity contribution in [1.82, 2.24) is 4.90 Å². The highest BCUT2D eigenvalue weighted by Crippen LogP contribution is 2.11. The number of amides is 2. The quantitative estimate of drug-likeness (QED) is 0.805. The van der Waals surface area contributed by atoms with Crippen LogP contribution >= 0.6 is 0 Å². The number of anilines is 1. The lowest BCUT2D eigenvalue weighted by molar-refractivity contribution is -0.136. The van der Waals surface area contributed by atoms with Crippen LogP contribution in [0, 0.1) is 0 Å². The number of rotatable bonds is 7. The molecule has 5 nitrogen and oxygen atoms in total. The first-order valence-corrected chi connectivity index (χ1v) is 6.93. The lowest BCUT2D eigenvalue weighted by atomic mass is 10.1. The maximum absolute atomic E-state index is 12.0. The van der Waals surface area contributed by atoms with Gasteiger partial charge in [-0.05, 0) is 31.0 Å². The molecule has 0 radical (unpaired) electrons. The van der Waals surface area contributed by atoms with Crippen LogP contribution in [0.2, 0.25) is 0 Å². The van der Waals surface area contributed by atoms with Gasteiger partial charge >= 0.3 is 12.0 Å². The van der Waals surface area contributed by atoms with Crippen molar-refractivity contribution >= 4 is 17.7 Å². The van der Waals surface area contributed by atoms with E-state index in [1.165, 1.54) is 0 Å². The van der Waals surface area contributed by atoms with Crippen molar-refractivity contribution in [2.75, 3.05) is 18.4 Å². The first kappa shape index (κ1) is 16.0. The summed E-state index contributed by atoms with van der Waals surface area (Å²) < 4.78 is 0. The van der Waals surface area contributed by atoms with Crippen LogP contribution in [0.1, 0.15) is 32.3 Å². The van der Waals surface area contributed by atoms with Gasteiger partial charge in [-0.25, -0.2) is 4.79 Å². The van der Waals surface area contributed by atoms with Crippen LogP contribution in [0.25, 0.3) is 0 Å². The van der Waals surface area contributed by atoms with E-state index in [4.69, 9.17) is 5.11 Å². The highest BCUT2D eigenvalue weighted by Gasteiger charge is 2.10. The summed E-state index contributed by atoms with van der Waals surface area (Å²) in [7, 11) is 0. The molecule has 2 amide bonds. The number of nitrogens with one attached hydrogen (secondary N) is 1. The molecule has 0 saturated heterocycles. The van der Waals surface area contributed by atoms with Crippen molar-refractivity contribution in [3.63, 3.8) is 0 Å². The summed E-state index contributed by atoms with van der Waals surface area (Å²) in [4.78, 5) is 24.4. The van der Waals surface area contributed by atoms with E-state index in [9.17, 15) is 9.59 Å². The fourth-order valence-corrected chi connectivity index (χ4v) is 1.84. The van der Waals surface area contributed by atoms with E-state index in [0.29, 0.717) is 17.8 Å². The minimum atomic E-state index is -0.862. The molecule has 1 aromatic carbocycles. The van der Waals surface area contributed by atoms with E-state index in [-0.39, 0.29) is 12.5 Å². The molecule has 2 N–H and O–H groups in total. The Balaban J connectivity index is 2.58. The molecule has 0 bridgehead atoms. The van der Waals surface area contributed by atoms with Crippen molar-refractivity contribution in [3.8, 4) is 0 Å². The minimum absolute atomic E-state index is 0.00812. The van der Waals surface area contributed by atoms with Crippen molar-refractivity contribution < 1.29 is 14.7 Å². The molecule has 1 rings (SSSR count). The molecular formula is C15H22N2O3. The van der Waals surface area contributed by atoms with Gasteiger partial charge in [0.1, 0.15) is 0 Å². The molecule has 0 aromatic heterocycles. The van der Waals surface area contributed by atoms with Crippen LogP contribution in [0.4, 0.5) is 10.5 Å². The van der Waals surface area contributed by atoms with Gasteiger partial charge < -0.3 is 15.3 Å². The zero-order chi connectivity index (χ0) is 15.0. The maximum Gasteiger partial charge on any atom is 0.321 e. The van der Waals surface area contributed by atoms with Gasteiger partial charge in [0.05, 0.1) is 6.42 Å². The average Bonchev–Trinajstić information content (AvgIpc) is 2.41. The van der Waals surface area contributed by atoms with Gasteiger partial charge in [-0.2, -0.15) is 0 Å². The molecule has 0 fully saturated rings. The number of unbranched alkanes of at least 4 members (excludes halogenated alkanes) is 1. The molecule has 5 heteroatoms. The second-order valence-electron chi connectivity index (χ2n) is 4.63. The number of aliphatic carboxylic acids is 1. The third kappa shape index (κ3) is 5.30. The summed E-state index contributed by atoms with van der Waals surface area (Å²) in [5.74, 6) is -0.862. The number of hydrogen-bond donors (Lipinski definition) is 2. The maximum atomic E-state index is 12.0. The molecule has 110 valence electrons. The molecule has 0 unspecified atom stereocenters. The van der Waals surface area contributed by atoms with Crippen LogP contribution in [0.3, 0.4) is 0 Å². The Morgan fingerprint density at radius 3 is 2.35 bits per heavy atom. The molecule has 20 heavy (non-hydrogen) atoms. The second-order valence-corrected chi connectivity index (χ2v) is 4.63. The summed E-state index contributed by atoms with van der Waals surface area (Å²) in [6, 6.07) is 6.76. The Morgan fingerprint density at radius 2 is 1.85 bits per heavy atom. The van der Waals surface area contributed by atoms with Gasteiger partial charge in [-0.1, -0.05) is 25.5 Å². The van der Waals surface area contributed by atoms with Gasteiger partial charge in [-0.3, -0.25) is 4.79 Å². The number of hydrogen-bond acceptors (Lipinski definition) is 2. The number of carboxylic acid groups (broad SMARTS) is 1. The summed E-state index contributed by atoms with van der Waals surface area (Å²) in [5.41, 5.74) is 1.40. The van der Waals surface area contributed by atoms with E-state index in [0.717, 1.165) is 19.4 Å². The Labute approximate surface area is 119 Å².